The fraction of sp³-hybridized carbons (Fsp3) is 0.571. The first-order valence-corrected chi connectivity index (χ1v) is 6.85. The molecule has 5 heteroatoms. The summed E-state index contributed by atoms with van der Waals surface area (Å²) in [6.07, 6.45) is 5.39. The van der Waals surface area contributed by atoms with Crippen LogP contribution in [-0.4, -0.2) is 36.2 Å². The van der Waals surface area contributed by atoms with Crippen molar-refractivity contribution in [3.63, 3.8) is 0 Å². The number of nitrogens with one attached hydrogen (secondary N) is 2. The van der Waals surface area contributed by atoms with Gasteiger partial charge in [0.1, 0.15) is 0 Å². The maximum Gasteiger partial charge on any atom is 0.255 e. The van der Waals surface area contributed by atoms with Gasteiger partial charge in [0.2, 0.25) is 0 Å². The molecule has 1 amide bonds. The number of anilines is 1. The number of hydrogen-bond acceptors (Lipinski definition) is 4. The molecule has 1 aromatic rings. The van der Waals surface area contributed by atoms with Gasteiger partial charge in [-0.05, 0) is 32.8 Å². The van der Waals surface area contributed by atoms with Crippen molar-refractivity contribution in [3.8, 4) is 0 Å². The standard InChI is InChI=1S/C14H21N3O2/c1-3-16-13-5-6-15-9-12(13)14(18)17-10-7-11(8-10)19-4-2/h5-6,9-11H,3-4,7-8H2,1-2H3,(H,15,16)(H,17,18). The predicted octanol–water partition coefficient (Wildman–Crippen LogP) is 1.81. The van der Waals surface area contributed by atoms with Crippen molar-refractivity contribution in [2.75, 3.05) is 18.5 Å². The molecule has 2 rings (SSSR count). The second-order valence-corrected chi connectivity index (χ2v) is 4.67. The van der Waals surface area contributed by atoms with Gasteiger partial charge in [0, 0.05) is 31.6 Å². The molecule has 1 aromatic heterocycles. The first-order chi connectivity index (χ1) is 9.24. The molecular formula is C14H21N3O2. The molecular weight excluding hydrogens is 242 g/mol. The van der Waals surface area contributed by atoms with Crippen LogP contribution in [0.3, 0.4) is 0 Å². The summed E-state index contributed by atoms with van der Waals surface area (Å²) >= 11 is 0. The van der Waals surface area contributed by atoms with Crippen LogP contribution >= 0.6 is 0 Å². The highest BCUT2D eigenvalue weighted by Gasteiger charge is 2.31. The van der Waals surface area contributed by atoms with E-state index in [0.717, 1.165) is 31.7 Å². The molecule has 104 valence electrons. The summed E-state index contributed by atoms with van der Waals surface area (Å²) in [5, 5.41) is 6.19. The van der Waals surface area contributed by atoms with Gasteiger partial charge in [0.15, 0.2) is 0 Å². The Bertz CT molecular complexity index is 430. The lowest BCUT2D eigenvalue weighted by molar-refractivity contribution is -0.00862. The number of carbonyl (C=O) groups excluding carboxylic acids is 1. The Balaban J connectivity index is 1.90. The van der Waals surface area contributed by atoms with Gasteiger partial charge in [-0.15, -0.1) is 0 Å². The number of pyridine rings is 1. The number of rotatable bonds is 6. The molecule has 0 bridgehead atoms. The molecule has 1 fully saturated rings. The van der Waals surface area contributed by atoms with Gasteiger partial charge in [0.25, 0.3) is 5.91 Å². The molecule has 19 heavy (non-hydrogen) atoms. The van der Waals surface area contributed by atoms with E-state index in [2.05, 4.69) is 15.6 Å². The van der Waals surface area contributed by atoms with Crippen LogP contribution in [0.1, 0.15) is 37.0 Å². The molecule has 5 nitrogen and oxygen atoms in total. The zero-order valence-corrected chi connectivity index (χ0v) is 11.5. The van der Waals surface area contributed by atoms with E-state index < -0.39 is 0 Å². The summed E-state index contributed by atoms with van der Waals surface area (Å²) in [5.74, 6) is -0.0657. The Labute approximate surface area is 113 Å². The van der Waals surface area contributed by atoms with E-state index in [1.54, 1.807) is 12.4 Å². The first-order valence-electron chi connectivity index (χ1n) is 6.85. The third-order valence-corrected chi connectivity index (χ3v) is 3.27. The number of nitrogens with zero attached hydrogens (tertiary/aromatic N) is 1. The van der Waals surface area contributed by atoms with E-state index in [1.807, 2.05) is 19.9 Å². The lowest BCUT2D eigenvalue weighted by Gasteiger charge is -2.35. The van der Waals surface area contributed by atoms with Crippen LogP contribution in [0.25, 0.3) is 0 Å². The fourth-order valence-electron chi connectivity index (χ4n) is 2.24. The van der Waals surface area contributed by atoms with Crippen LogP contribution in [0, 0.1) is 0 Å². The molecule has 1 saturated carbocycles. The Kier molecular flexibility index (Phi) is 4.74. The van der Waals surface area contributed by atoms with E-state index in [-0.39, 0.29) is 11.9 Å². The zero-order chi connectivity index (χ0) is 13.7. The summed E-state index contributed by atoms with van der Waals surface area (Å²) in [4.78, 5) is 16.2. The third kappa shape index (κ3) is 3.44. The van der Waals surface area contributed by atoms with Crippen molar-refractivity contribution in [1.82, 2.24) is 10.3 Å². The van der Waals surface area contributed by atoms with Gasteiger partial charge in [-0.2, -0.15) is 0 Å². The van der Waals surface area contributed by atoms with Gasteiger partial charge >= 0.3 is 0 Å². The van der Waals surface area contributed by atoms with Crippen LogP contribution in [0.2, 0.25) is 0 Å². The van der Waals surface area contributed by atoms with Crippen molar-refractivity contribution < 1.29 is 9.53 Å². The largest absolute Gasteiger partial charge is 0.385 e. The van der Waals surface area contributed by atoms with Crippen molar-refractivity contribution in [2.24, 2.45) is 0 Å². The summed E-state index contributed by atoms with van der Waals surface area (Å²) in [6, 6.07) is 2.04. The highest BCUT2D eigenvalue weighted by molar-refractivity contribution is 5.99. The number of ether oxygens (including phenoxy) is 1. The van der Waals surface area contributed by atoms with Crippen LogP contribution in [0.5, 0.6) is 0 Å². The number of hydrogen-bond donors (Lipinski definition) is 2. The molecule has 1 aliphatic rings. The molecule has 0 unspecified atom stereocenters. The topological polar surface area (TPSA) is 63.2 Å². The first kappa shape index (κ1) is 13.8. The number of carbonyl (C=O) groups is 1. The number of amides is 1. The predicted molar refractivity (Wildman–Crippen MR) is 74.3 cm³/mol. The lowest BCUT2D eigenvalue weighted by Crippen LogP contribution is -2.47. The van der Waals surface area contributed by atoms with Crippen LogP contribution in [0.4, 0.5) is 5.69 Å². The molecule has 0 radical (unpaired) electrons. The average molecular weight is 263 g/mol. The molecule has 1 aliphatic carbocycles. The minimum Gasteiger partial charge on any atom is -0.385 e. The van der Waals surface area contributed by atoms with Gasteiger partial charge in [0.05, 0.1) is 17.4 Å². The molecule has 2 N–H and O–H groups in total. The SMILES string of the molecule is CCNc1ccncc1C(=O)NC1CC(OCC)C1. The Morgan fingerprint density at radius 3 is 2.95 bits per heavy atom. The minimum atomic E-state index is -0.0657. The van der Waals surface area contributed by atoms with Crippen molar-refractivity contribution >= 4 is 11.6 Å². The molecule has 0 atom stereocenters. The maximum atomic E-state index is 12.2. The Hall–Kier alpha value is -1.62. The smallest absolute Gasteiger partial charge is 0.255 e. The van der Waals surface area contributed by atoms with Crippen LogP contribution < -0.4 is 10.6 Å². The van der Waals surface area contributed by atoms with E-state index in [4.69, 9.17) is 4.74 Å². The van der Waals surface area contributed by atoms with Crippen LogP contribution in [-0.2, 0) is 4.74 Å². The van der Waals surface area contributed by atoms with Gasteiger partial charge in [-0.3, -0.25) is 9.78 Å². The Morgan fingerprint density at radius 2 is 2.26 bits per heavy atom. The minimum absolute atomic E-state index is 0.0657. The molecule has 0 spiro atoms. The van der Waals surface area contributed by atoms with E-state index in [0.29, 0.717) is 11.7 Å². The highest BCUT2D eigenvalue weighted by atomic mass is 16.5. The zero-order valence-electron chi connectivity index (χ0n) is 11.5. The van der Waals surface area contributed by atoms with Gasteiger partial charge in [-0.1, -0.05) is 0 Å². The van der Waals surface area contributed by atoms with Crippen molar-refractivity contribution in [3.05, 3.63) is 24.0 Å². The summed E-state index contributed by atoms with van der Waals surface area (Å²) < 4.78 is 5.48. The van der Waals surface area contributed by atoms with E-state index in [1.165, 1.54) is 0 Å². The Morgan fingerprint density at radius 1 is 1.47 bits per heavy atom. The monoisotopic (exact) mass is 263 g/mol. The number of aromatic nitrogens is 1. The fourth-order valence-corrected chi connectivity index (χ4v) is 2.24. The second kappa shape index (κ2) is 6.52. The summed E-state index contributed by atoms with van der Waals surface area (Å²) in [6.45, 7) is 5.50. The lowest BCUT2D eigenvalue weighted by atomic mass is 9.89. The van der Waals surface area contributed by atoms with Gasteiger partial charge in [-0.25, -0.2) is 0 Å². The molecule has 1 heterocycles. The van der Waals surface area contributed by atoms with Crippen molar-refractivity contribution in [1.29, 1.82) is 0 Å². The van der Waals surface area contributed by atoms with E-state index >= 15 is 0 Å². The molecule has 0 aromatic carbocycles. The van der Waals surface area contributed by atoms with Crippen LogP contribution in [0.15, 0.2) is 18.5 Å². The summed E-state index contributed by atoms with van der Waals surface area (Å²) in [5.41, 5.74) is 1.43. The molecule has 0 aliphatic heterocycles. The van der Waals surface area contributed by atoms with E-state index in [9.17, 15) is 4.79 Å². The second-order valence-electron chi connectivity index (χ2n) is 4.67. The maximum absolute atomic E-state index is 12.2. The summed E-state index contributed by atoms with van der Waals surface area (Å²) in [7, 11) is 0. The normalized spacial score (nSPS) is 21.6. The highest BCUT2D eigenvalue weighted by Crippen LogP contribution is 2.24. The van der Waals surface area contributed by atoms with Crippen molar-refractivity contribution in [2.45, 2.75) is 38.8 Å². The quantitative estimate of drug-likeness (QED) is 0.821. The van der Waals surface area contributed by atoms with Gasteiger partial charge < -0.3 is 15.4 Å². The third-order valence-electron chi connectivity index (χ3n) is 3.27. The average Bonchev–Trinajstić information content (AvgIpc) is 2.37. The molecule has 0 saturated heterocycles.